The van der Waals surface area contributed by atoms with Gasteiger partial charge in [-0.05, 0) is 18.2 Å². The van der Waals surface area contributed by atoms with Crippen LogP contribution < -0.4 is 15.4 Å². The lowest BCUT2D eigenvalue weighted by Gasteiger charge is -2.21. The summed E-state index contributed by atoms with van der Waals surface area (Å²) in [6, 6.07) is 4.89. The number of hydrogen-bond donors (Lipinski definition) is 2. The highest BCUT2D eigenvalue weighted by atomic mass is 35.5. The Balaban J connectivity index is 1.86. The maximum absolute atomic E-state index is 11.9. The summed E-state index contributed by atoms with van der Waals surface area (Å²) in [4.78, 5) is 11.9. The summed E-state index contributed by atoms with van der Waals surface area (Å²) in [7, 11) is 1.56. The Kier molecular flexibility index (Phi) is 6.19. The number of ether oxygens (including phenoxy) is 1. The van der Waals surface area contributed by atoms with Gasteiger partial charge in [-0.15, -0.1) is 0 Å². The number of halogens is 1. The van der Waals surface area contributed by atoms with Crippen LogP contribution in [0.4, 0.5) is 10.5 Å². The summed E-state index contributed by atoms with van der Waals surface area (Å²) in [6.45, 7) is 0.673. The van der Waals surface area contributed by atoms with Crippen molar-refractivity contribution in [1.29, 1.82) is 0 Å². The first-order valence-corrected chi connectivity index (χ1v) is 8.85. The number of carbonyl (C=O) groups is 1. The molecule has 110 valence electrons. The highest BCUT2D eigenvalue weighted by Gasteiger charge is 2.15. The Labute approximate surface area is 132 Å². The van der Waals surface area contributed by atoms with Gasteiger partial charge in [0.15, 0.2) is 0 Å². The van der Waals surface area contributed by atoms with Crippen molar-refractivity contribution in [3.05, 3.63) is 23.2 Å². The van der Waals surface area contributed by atoms with Gasteiger partial charge in [0.05, 0.1) is 12.8 Å². The number of benzene rings is 1. The van der Waals surface area contributed by atoms with Crippen LogP contribution in [0.3, 0.4) is 0 Å². The van der Waals surface area contributed by atoms with Crippen molar-refractivity contribution in [3.8, 4) is 5.75 Å². The van der Waals surface area contributed by atoms with Gasteiger partial charge in [0, 0.05) is 34.1 Å². The summed E-state index contributed by atoms with van der Waals surface area (Å²) in [6.07, 6.45) is 0. The van der Waals surface area contributed by atoms with Crippen LogP contribution in [0.1, 0.15) is 0 Å². The number of hydrogen-bond acceptors (Lipinski definition) is 4. The minimum atomic E-state index is -0.234. The predicted molar refractivity (Wildman–Crippen MR) is 88.6 cm³/mol. The molecule has 20 heavy (non-hydrogen) atoms. The minimum absolute atomic E-state index is 0.234. The number of urea groups is 1. The standard InChI is InChI=1S/C13H17ClN2O2S2/c1-18-12-3-2-9(14)6-11(12)16-13(17)15-7-10-8-19-4-5-20-10/h2-3,6,10H,4-5,7-8H2,1H3,(H2,15,16,17)/t10-/m1/s1. The highest BCUT2D eigenvalue weighted by molar-refractivity contribution is 8.06. The quantitative estimate of drug-likeness (QED) is 0.888. The van der Waals surface area contributed by atoms with Crippen LogP contribution in [-0.4, -0.2) is 42.2 Å². The largest absolute Gasteiger partial charge is 0.495 e. The lowest BCUT2D eigenvalue weighted by Crippen LogP contribution is -2.36. The van der Waals surface area contributed by atoms with Gasteiger partial charge < -0.3 is 15.4 Å². The van der Waals surface area contributed by atoms with Crippen molar-refractivity contribution in [2.45, 2.75) is 5.25 Å². The van der Waals surface area contributed by atoms with E-state index in [1.165, 1.54) is 5.75 Å². The van der Waals surface area contributed by atoms with Crippen LogP contribution in [0.2, 0.25) is 5.02 Å². The van der Waals surface area contributed by atoms with Crippen LogP contribution in [0.15, 0.2) is 18.2 Å². The van der Waals surface area contributed by atoms with E-state index in [9.17, 15) is 4.79 Å². The second-order valence-corrected chi connectivity index (χ2v) is 7.24. The number of thioether (sulfide) groups is 2. The molecule has 1 saturated heterocycles. The number of anilines is 1. The Morgan fingerprint density at radius 1 is 1.50 bits per heavy atom. The molecule has 0 aromatic heterocycles. The van der Waals surface area contributed by atoms with E-state index in [1.807, 2.05) is 23.5 Å². The van der Waals surface area contributed by atoms with Crippen molar-refractivity contribution < 1.29 is 9.53 Å². The first kappa shape index (κ1) is 15.7. The molecule has 2 amide bonds. The topological polar surface area (TPSA) is 50.4 Å². The maximum Gasteiger partial charge on any atom is 0.319 e. The van der Waals surface area contributed by atoms with E-state index in [0.29, 0.717) is 28.3 Å². The van der Waals surface area contributed by atoms with E-state index >= 15 is 0 Å². The molecule has 0 aliphatic carbocycles. The number of nitrogens with one attached hydrogen (secondary N) is 2. The van der Waals surface area contributed by atoms with Gasteiger partial charge in [-0.3, -0.25) is 0 Å². The fraction of sp³-hybridized carbons (Fsp3) is 0.462. The number of amides is 2. The molecule has 0 spiro atoms. The number of rotatable bonds is 4. The van der Waals surface area contributed by atoms with E-state index < -0.39 is 0 Å². The molecule has 1 aromatic carbocycles. The van der Waals surface area contributed by atoms with Crippen LogP contribution in [0.25, 0.3) is 0 Å². The second-order valence-electron chi connectivity index (χ2n) is 4.25. The van der Waals surface area contributed by atoms with Gasteiger partial charge in [0.1, 0.15) is 5.75 Å². The molecule has 1 aliphatic heterocycles. The van der Waals surface area contributed by atoms with E-state index in [1.54, 1.807) is 25.3 Å². The fourth-order valence-corrected chi connectivity index (χ4v) is 4.59. The maximum atomic E-state index is 11.9. The molecule has 1 aliphatic rings. The summed E-state index contributed by atoms with van der Waals surface area (Å²) < 4.78 is 5.19. The van der Waals surface area contributed by atoms with E-state index in [2.05, 4.69) is 10.6 Å². The zero-order valence-electron chi connectivity index (χ0n) is 11.1. The Morgan fingerprint density at radius 2 is 2.35 bits per heavy atom. The molecular formula is C13H17ClN2O2S2. The van der Waals surface area contributed by atoms with Crippen molar-refractivity contribution in [2.75, 3.05) is 36.2 Å². The molecule has 4 nitrogen and oxygen atoms in total. The third-order valence-corrected chi connectivity index (χ3v) is 5.86. The predicted octanol–water partition coefficient (Wildman–Crippen LogP) is 3.32. The lowest BCUT2D eigenvalue weighted by atomic mass is 10.3. The zero-order chi connectivity index (χ0) is 14.4. The monoisotopic (exact) mass is 332 g/mol. The van der Waals surface area contributed by atoms with Gasteiger partial charge in [-0.25, -0.2) is 4.79 Å². The summed E-state index contributed by atoms with van der Waals surface area (Å²) >= 11 is 9.77. The van der Waals surface area contributed by atoms with Crippen LogP contribution >= 0.6 is 35.1 Å². The van der Waals surface area contributed by atoms with Crippen molar-refractivity contribution in [1.82, 2.24) is 5.32 Å². The van der Waals surface area contributed by atoms with Crippen LogP contribution in [0.5, 0.6) is 5.75 Å². The van der Waals surface area contributed by atoms with Gasteiger partial charge in [-0.1, -0.05) is 11.6 Å². The SMILES string of the molecule is COc1ccc(Cl)cc1NC(=O)NC[C@@H]1CSCCS1. The molecule has 2 rings (SSSR count). The molecule has 1 aromatic rings. The van der Waals surface area contributed by atoms with Gasteiger partial charge in [0.25, 0.3) is 0 Å². The highest BCUT2D eigenvalue weighted by Crippen LogP contribution is 2.27. The smallest absolute Gasteiger partial charge is 0.319 e. The van der Waals surface area contributed by atoms with Crippen LogP contribution in [-0.2, 0) is 0 Å². The van der Waals surface area contributed by atoms with Gasteiger partial charge in [0.2, 0.25) is 0 Å². The normalized spacial score (nSPS) is 18.4. The zero-order valence-corrected chi connectivity index (χ0v) is 13.5. The third-order valence-electron chi connectivity index (χ3n) is 2.78. The average Bonchev–Trinajstić information content (AvgIpc) is 2.46. The first-order valence-electron chi connectivity index (χ1n) is 6.27. The summed E-state index contributed by atoms with van der Waals surface area (Å²) in [5.74, 6) is 4.03. The molecule has 0 unspecified atom stereocenters. The van der Waals surface area contributed by atoms with Gasteiger partial charge >= 0.3 is 6.03 Å². The summed E-state index contributed by atoms with van der Waals surface area (Å²) in [5, 5.41) is 6.70. The number of carbonyl (C=O) groups excluding carboxylic acids is 1. The van der Waals surface area contributed by atoms with Crippen molar-refractivity contribution in [2.24, 2.45) is 0 Å². The second kappa shape index (κ2) is 7.90. The Bertz CT molecular complexity index is 468. The van der Waals surface area contributed by atoms with E-state index in [-0.39, 0.29) is 6.03 Å². The first-order chi connectivity index (χ1) is 9.69. The molecule has 0 radical (unpaired) electrons. The molecular weight excluding hydrogens is 316 g/mol. The Hall–Kier alpha value is -0.720. The molecule has 1 heterocycles. The third kappa shape index (κ3) is 4.68. The molecule has 1 fully saturated rings. The Morgan fingerprint density at radius 3 is 3.05 bits per heavy atom. The van der Waals surface area contributed by atoms with Gasteiger partial charge in [-0.2, -0.15) is 23.5 Å². The molecule has 7 heteroatoms. The molecule has 2 N–H and O–H groups in total. The van der Waals surface area contributed by atoms with Crippen molar-refractivity contribution in [3.63, 3.8) is 0 Å². The van der Waals surface area contributed by atoms with Crippen LogP contribution in [0, 0.1) is 0 Å². The van der Waals surface area contributed by atoms with Crippen molar-refractivity contribution >= 4 is 46.8 Å². The lowest BCUT2D eigenvalue weighted by molar-refractivity contribution is 0.252. The molecule has 1 atom stereocenters. The summed E-state index contributed by atoms with van der Waals surface area (Å²) in [5.41, 5.74) is 0.572. The van der Waals surface area contributed by atoms with E-state index in [4.69, 9.17) is 16.3 Å². The molecule has 0 bridgehead atoms. The number of methoxy groups -OCH3 is 1. The fourth-order valence-electron chi connectivity index (χ4n) is 1.81. The minimum Gasteiger partial charge on any atom is -0.495 e. The average molecular weight is 333 g/mol. The molecule has 0 saturated carbocycles. The van der Waals surface area contributed by atoms with E-state index in [0.717, 1.165) is 11.5 Å².